The van der Waals surface area contributed by atoms with Gasteiger partial charge in [-0.3, -0.25) is 4.79 Å². The molecular formula is C16H20FN3O3. The first-order valence-corrected chi connectivity index (χ1v) is 7.55. The van der Waals surface area contributed by atoms with Crippen LogP contribution < -0.4 is 10.6 Å². The molecule has 1 aromatic heterocycles. The van der Waals surface area contributed by atoms with Crippen LogP contribution in [0.4, 0.5) is 9.18 Å². The summed E-state index contributed by atoms with van der Waals surface area (Å²) in [6, 6.07) is 4.32. The summed E-state index contributed by atoms with van der Waals surface area (Å²) in [7, 11) is 0. The molecule has 0 atom stereocenters. The van der Waals surface area contributed by atoms with E-state index in [0.717, 1.165) is 29.3 Å². The molecule has 0 saturated heterocycles. The lowest BCUT2D eigenvalue weighted by Gasteiger charge is -2.06. The van der Waals surface area contributed by atoms with Gasteiger partial charge in [0.2, 0.25) is 0 Å². The van der Waals surface area contributed by atoms with Gasteiger partial charge >= 0.3 is 12.0 Å². The fourth-order valence-electron chi connectivity index (χ4n) is 2.34. The third-order valence-electron chi connectivity index (χ3n) is 3.49. The highest BCUT2D eigenvalue weighted by Crippen LogP contribution is 2.20. The largest absolute Gasteiger partial charge is 0.481 e. The van der Waals surface area contributed by atoms with E-state index in [0.29, 0.717) is 19.5 Å². The van der Waals surface area contributed by atoms with Crippen LogP contribution in [0.1, 0.15) is 24.8 Å². The van der Waals surface area contributed by atoms with Gasteiger partial charge in [-0.25, -0.2) is 9.18 Å². The number of hydrogen-bond donors (Lipinski definition) is 4. The number of benzene rings is 1. The zero-order chi connectivity index (χ0) is 16.7. The summed E-state index contributed by atoms with van der Waals surface area (Å²) < 4.78 is 13.3. The molecule has 0 radical (unpaired) electrons. The van der Waals surface area contributed by atoms with Crippen LogP contribution in [0.15, 0.2) is 24.4 Å². The van der Waals surface area contributed by atoms with Crippen molar-refractivity contribution in [2.24, 2.45) is 0 Å². The fraction of sp³-hybridized carbons (Fsp3) is 0.375. The zero-order valence-corrected chi connectivity index (χ0v) is 12.7. The van der Waals surface area contributed by atoms with Crippen LogP contribution in [0, 0.1) is 5.82 Å². The van der Waals surface area contributed by atoms with Gasteiger partial charge in [0.15, 0.2) is 0 Å². The van der Waals surface area contributed by atoms with Gasteiger partial charge in [0.1, 0.15) is 5.82 Å². The lowest BCUT2D eigenvalue weighted by molar-refractivity contribution is -0.137. The number of H-pyrrole nitrogens is 1. The normalized spacial score (nSPS) is 10.7. The van der Waals surface area contributed by atoms with Crippen molar-refractivity contribution in [2.45, 2.75) is 25.7 Å². The molecule has 2 aromatic rings. The summed E-state index contributed by atoms with van der Waals surface area (Å²) in [5.41, 5.74) is 1.91. The lowest BCUT2D eigenvalue weighted by atomic mass is 10.1. The quantitative estimate of drug-likeness (QED) is 0.562. The summed E-state index contributed by atoms with van der Waals surface area (Å²) in [6.07, 6.45) is 3.76. The predicted octanol–water partition coefficient (Wildman–Crippen LogP) is 2.40. The van der Waals surface area contributed by atoms with E-state index < -0.39 is 5.97 Å². The number of nitrogens with one attached hydrogen (secondary N) is 3. The number of aromatic nitrogens is 1. The fourth-order valence-corrected chi connectivity index (χ4v) is 2.34. The van der Waals surface area contributed by atoms with Crippen LogP contribution >= 0.6 is 0 Å². The molecule has 124 valence electrons. The molecular weight excluding hydrogens is 301 g/mol. The van der Waals surface area contributed by atoms with Crippen molar-refractivity contribution in [3.63, 3.8) is 0 Å². The van der Waals surface area contributed by atoms with Crippen LogP contribution in [0.5, 0.6) is 0 Å². The topological polar surface area (TPSA) is 94.2 Å². The number of rotatable bonds is 8. The average molecular weight is 321 g/mol. The highest BCUT2D eigenvalue weighted by molar-refractivity contribution is 5.83. The number of aromatic amines is 1. The van der Waals surface area contributed by atoms with Crippen LogP contribution in [0.3, 0.4) is 0 Å². The first kappa shape index (κ1) is 16.8. The van der Waals surface area contributed by atoms with E-state index in [1.807, 2.05) is 6.20 Å². The van der Waals surface area contributed by atoms with Gasteiger partial charge in [-0.2, -0.15) is 0 Å². The van der Waals surface area contributed by atoms with Crippen molar-refractivity contribution >= 4 is 22.9 Å². The Hall–Kier alpha value is -2.57. The minimum absolute atomic E-state index is 0.0391. The van der Waals surface area contributed by atoms with E-state index in [1.165, 1.54) is 12.1 Å². The number of amides is 2. The highest BCUT2D eigenvalue weighted by Gasteiger charge is 2.05. The molecule has 0 aliphatic carbocycles. The molecule has 0 bridgehead atoms. The van der Waals surface area contributed by atoms with Crippen molar-refractivity contribution in [1.29, 1.82) is 0 Å². The third kappa shape index (κ3) is 5.28. The average Bonchev–Trinajstić information content (AvgIpc) is 2.90. The van der Waals surface area contributed by atoms with Gasteiger partial charge in [-0.05, 0) is 43.0 Å². The Morgan fingerprint density at radius 3 is 2.65 bits per heavy atom. The summed E-state index contributed by atoms with van der Waals surface area (Å²) in [5, 5.41) is 14.7. The van der Waals surface area contributed by atoms with Crippen molar-refractivity contribution in [2.75, 3.05) is 13.1 Å². The number of carboxylic acid groups (broad SMARTS) is 1. The molecule has 6 nitrogen and oxygen atoms in total. The molecule has 0 unspecified atom stereocenters. The number of halogens is 1. The highest BCUT2D eigenvalue weighted by atomic mass is 19.1. The smallest absolute Gasteiger partial charge is 0.314 e. The van der Waals surface area contributed by atoms with Crippen LogP contribution in [0.25, 0.3) is 10.9 Å². The molecule has 1 heterocycles. The lowest BCUT2D eigenvalue weighted by Crippen LogP contribution is -2.36. The van der Waals surface area contributed by atoms with Gasteiger partial charge in [0, 0.05) is 36.6 Å². The van der Waals surface area contributed by atoms with Gasteiger partial charge in [0.25, 0.3) is 0 Å². The summed E-state index contributed by atoms with van der Waals surface area (Å²) >= 11 is 0. The van der Waals surface area contributed by atoms with Crippen LogP contribution in [-0.4, -0.2) is 35.2 Å². The number of carbonyl (C=O) groups is 2. The second-order valence-electron chi connectivity index (χ2n) is 5.29. The predicted molar refractivity (Wildman–Crippen MR) is 84.8 cm³/mol. The molecule has 0 fully saturated rings. The van der Waals surface area contributed by atoms with E-state index in [4.69, 9.17) is 5.11 Å². The molecule has 0 saturated carbocycles. The molecule has 4 N–H and O–H groups in total. The van der Waals surface area contributed by atoms with E-state index >= 15 is 0 Å². The maximum absolute atomic E-state index is 13.3. The monoisotopic (exact) mass is 321 g/mol. The first-order valence-electron chi connectivity index (χ1n) is 7.55. The molecule has 0 spiro atoms. The Bertz CT molecular complexity index is 684. The second kappa shape index (κ2) is 8.17. The Labute approximate surface area is 133 Å². The van der Waals surface area contributed by atoms with Crippen molar-refractivity contribution in [1.82, 2.24) is 15.6 Å². The van der Waals surface area contributed by atoms with Gasteiger partial charge in [-0.1, -0.05) is 0 Å². The Morgan fingerprint density at radius 1 is 1.17 bits per heavy atom. The standard InChI is InChI=1S/C16H20FN3O3/c17-12-5-6-14-13(9-12)11(10-20-14)3-1-7-18-16(23)19-8-2-4-15(21)22/h5-6,9-10,20H,1-4,7-8H2,(H,21,22)(H2,18,19,23). The molecule has 0 aliphatic heterocycles. The maximum Gasteiger partial charge on any atom is 0.314 e. The van der Waals surface area contributed by atoms with Crippen LogP contribution in [0.2, 0.25) is 0 Å². The number of fused-ring (bicyclic) bond motifs is 1. The van der Waals surface area contributed by atoms with Crippen molar-refractivity contribution in [3.8, 4) is 0 Å². The number of carboxylic acids is 1. The van der Waals surface area contributed by atoms with Crippen molar-refractivity contribution in [3.05, 3.63) is 35.8 Å². The Balaban J connectivity index is 1.67. The van der Waals surface area contributed by atoms with Crippen molar-refractivity contribution < 1.29 is 19.1 Å². The molecule has 2 amide bonds. The number of hydrogen-bond acceptors (Lipinski definition) is 2. The number of urea groups is 1. The minimum atomic E-state index is -0.873. The summed E-state index contributed by atoms with van der Waals surface area (Å²) in [6.45, 7) is 0.826. The molecule has 7 heteroatoms. The maximum atomic E-state index is 13.3. The molecule has 1 aromatic carbocycles. The zero-order valence-electron chi connectivity index (χ0n) is 12.7. The Kier molecular flexibility index (Phi) is 5.96. The second-order valence-corrected chi connectivity index (χ2v) is 5.29. The van der Waals surface area contributed by atoms with Gasteiger partial charge < -0.3 is 20.7 Å². The van der Waals surface area contributed by atoms with E-state index in [9.17, 15) is 14.0 Å². The Morgan fingerprint density at radius 2 is 1.91 bits per heavy atom. The number of aryl methyl sites for hydroxylation is 1. The molecule has 0 aliphatic rings. The summed E-state index contributed by atoms with van der Waals surface area (Å²) in [5.74, 6) is -1.14. The first-order chi connectivity index (χ1) is 11.1. The van der Waals surface area contributed by atoms with E-state index in [2.05, 4.69) is 15.6 Å². The minimum Gasteiger partial charge on any atom is -0.481 e. The van der Waals surface area contributed by atoms with Gasteiger partial charge in [0.05, 0.1) is 0 Å². The van der Waals surface area contributed by atoms with Gasteiger partial charge in [-0.15, -0.1) is 0 Å². The number of carbonyl (C=O) groups excluding carboxylic acids is 1. The molecule has 2 rings (SSSR count). The van der Waals surface area contributed by atoms with Crippen LogP contribution in [-0.2, 0) is 11.2 Å². The van der Waals surface area contributed by atoms with E-state index in [1.54, 1.807) is 6.07 Å². The van der Waals surface area contributed by atoms with E-state index in [-0.39, 0.29) is 18.3 Å². The number of aliphatic carboxylic acids is 1. The molecule has 23 heavy (non-hydrogen) atoms. The SMILES string of the molecule is O=C(O)CCCNC(=O)NCCCc1c[nH]c2ccc(F)cc12. The summed E-state index contributed by atoms with van der Waals surface area (Å²) in [4.78, 5) is 24.9. The third-order valence-corrected chi connectivity index (χ3v) is 3.49.